The van der Waals surface area contributed by atoms with Crippen molar-refractivity contribution >= 4 is 33.3 Å². The maximum atomic E-state index is 14.4. The molecule has 0 fully saturated rings. The van der Waals surface area contributed by atoms with Crippen molar-refractivity contribution in [3.8, 4) is 5.75 Å². The van der Waals surface area contributed by atoms with Crippen molar-refractivity contribution in [3.05, 3.63) is 65.3 Å². The molecular formula is C34H46FN5O8S. The van der Waals surface area contributed by atoms with Crippen LogP contribution in [0.3, 0.4) is 0 Å². The number of anilines is 2. The van der Waals surface area contributed by atoms with Gasteiger partial charge in [-0.05, 0) is 89.4 Å². The van der Waals surface area contributed by atoms with Crippen LogP contribution in [0.5, 0.6) is 5.75 Å². The predicted molar refractivity (Wildman–Crippen MR) is 182 cm³/mol. The number of likely N-dealkylation sites (N-methyl/N-ethyl adjacent to an activating group) is 1. The van der Waals surface area contributed by atoms with Crippen LogP contribution in [0, 0.1) is 25.6 Å². The van der Waals surface area contributed by atoms with Crippen LogP contribution in [0.15, 0.2) is 51.9 Å². The van der Waals surface area contributed by atoms with Gasteiger partial charge in [-0.25, -0.2) is 17.6 Å². The molecule has 3 amide bonds. The number of hydrogen-bond donors (Lipinski definition) is 3. The summed E-state index contributed by atoms with van der Waals surface area (Å²) in [6.07, 6.45) is 1.22. The van der Waals surface area contributed by atoms with Crippen molar-refractivity contribution in [2.75, 3.05) is 44.0 Å². The number of carbonyl (C=O) groups excluding carboxylic acids is 2. The van der Waals surface area contributed by atoms with Crippen molar-refractivity contribution in [2.45, 2.75) is 77.0 Å². The number of rotatable bonds is 8. The Morgan fingerprint density at radius 2 is 1.86 bits per heavy atom. The molecule has 2 heterocycles. The summed E-state index contributed by atoms with van der Waals surface area (Å²) in [5.74, 6) is -0.617. The lowest BCUT2D eigenvalue weighted by molar-refractivity contribution is -0.00834. The molecule has 0 aliphatic carbocycles. The Morgan fingerprint density at radius 1 is 1.14 bits per heavy atom. The van der Waals surface area contributed by atoms with E-state index < -0.39 is 45.8 Å². The second-order valence-corrected chi connectivity index (χ2v) is 14.6. The van der Waals surface area contributed by atoms with E-state index in [4.69, 9.17) is 14.0 Å². The summed E-state index contributed by atoms with van der Waals surface area (Å²) in [6.45, 7) is 8.94. The molecule has 0 saturated carbocycles. The number of sulfonamides is 1. The maximum Gasteiger partial charge on any atom is 0.323 e. The van der Waals surface area contributed by atoms with Gasteiger partial charge in [0.05, 0.1) is 35.3 Å². The number of amides is 3. The Kier molecular flexibility index (Phi) is 12.8. The van der Waals surface area contributed by atoms with E-state index in [9.17, 15) is 27.5 Å². The number of fused-ring (bicyclic) bond motifs is 1. The Hall–Kier alpha value is -4.05. The van der Waals surface area contributed by atoms with Crippen LogP contribution >= 0.6 is 0 Å². The van der Waals surface area contributed by atoms with Gasteiger partial charge in [0.15, 0.2) is 5.76 Å². The van der Waals surface area contributed by atoms with Crippen LogP contribution in [0.1, 0.15) is 61.8 Å². The van der Waals surface area contributed by atoms with Gasteiger partial charge in [0.2, 0.25) is 10.0 Å². The normalized spacial score (nSPS) is 20.2. The largest absolute Gasteiger partial charge is 0.490 e. The van der Waals surface area contributed by atoms with Crippen molar-refractivity contribution in [1.82, 2.24) is 14.4 Å². The number of aliphatic hydroxyl groups excluding tert-OH is 1. The standard InChI is InChI=1S/C34H46FN5O8S/c1-21-18-40(22(2)20-41)33(42)29-17-27(36-34(43)37-32-24(4)38-48-25(32)5)12-15-30(29)47-23(3)9-7-8-16-46-31(21)19-39(6)49(44,45)28-13-10-26(35)11-14-28/h10-15,17,21-23,31,41H,7-9,16,18-20H2,1-6H3,(H2,36,37,43)/t21-,22+,23+,31-/m1/s1. The lowest BCUT2D eigenvalue weighted by atomic mass is 10.0. The van der Waals surface area contributed by atoms with Gasteiger partial charge in [-0.1, -0.05) is 12.1 Å². The number of aryl methyl sites for hydroxylation is 2. The van der Waals surface area contributed by atoms with Gasteiger partial charge in [0.1, 0.15) is 22.9 Å². The molecule has 268 valence electrons. The number of nitrogens with one attached hydrogen (secondary N) is 2. The second-order valence-electron chi connectivity index (χ2n) is 12.5. The number of aliphatic hydroxyl groups is 1. The molecule has 3 N–H and O–H groups in total. The van der Waals surface area contributed by atoms with Crippen LogP contribution in [0.4, 0.5) is 20.6 Å². The Balaban J connectivity index is 1.63. The molecule has 3 aromatic rings. The number of ether oxygens (including phenoxy) is 2. The van der Waals surface area contributed by atoms with Gasteiger partial charge in [0.25, 0.3) is 5.91 Å². The summed E-state index contributed by atoms with van der Waals surface area (Å²) >= 11 is 0. The highest BCUT2D eigenvalue weighted by molar-refractivity contribution is 7.89. The summed E-state index contributed by atoms with van der Waals surface area (Å²) in [5.41, 5.74) is 1.46. The van der Waals surface area contributed by atoms with Gasteiger partial charge in [-0.15, -0.1) is 0 Å². The zero-order valence-corrected chi connectivity index (χ0v) is 29.5. The van der Waals surface area contributed by atoms with E-state index in [-0.39, 0.29) is 36.3 Å². The number of aromatic nitrogens is 1. The van der Waals surface area contributed by atoms with E-state index >= 15 is 0 Å². The van der Waals surface area contributed by atoms with Crippen molar-refractivity contribution < 1.29 is 41.5 Å². The predicted octanol–water partition coefficient (Wildman–Crippen LogP) is 5.19. The van der Waals surface area contributed by atoms with Crippen LogP contribution in [0.25, 0.3) is 0 Å². The monoisotopic (exact) mass is 703 g/mol. The highest BCUT2D eigenvalue weighted by Gasteiger charge is 2.32. The zero-order valence-electron chi connectivity index (χ0n) is 28.7. The Labute approximate surface area is 286 Å². The first kappa shape index (κ1) is 37.8. The molecule has 0 spiro atoms. The fraction of sp³-hybridized carbons (Fsp3) is 0.500. The summed E-state index contributed by atoms with van der Waals surface area (Å²) in [5, 5.41) is 19.5. The van der Waals surface area contributed by atoms with E-state index in [0.29, 0.717) is 48.0 Å². The number of halogens is 1. The van der Waals surface area contributed by atoms with E-state index in [2.05, 4.69) is 15.8 Å². The summed E-state index contributed by atoms with van der Waals surface area (Å²) in [7, 11) is -2.53. The molecular weight excluding hydrogens is 657 g/mol. The number of hydrogen-bond acceptors (Lipinski definition) is 9. The first-order chi connectivity index (χ1) is 23.2. The molecule has 49 heavy (non-hydrogen) atoms. The van der Waals surface area contributed by atoms with Gasteiger partial charge in [-0.3, -0.25) is 4.79 Å². The lowest BCUT2D eigenvalue weighted by Crippen LogP contribution is -2.48. The minimum Gasteiger partial charge on any atom is -0.490 e. The Bertz CT molecular complexity index is 1680. The first-order valence-electron chi connectivity index (χ1n) is 16.3. The van der Waals surface area contributed by atoms with Crippen LogP contribution in [-0.2, 0) is 14.8 Å². The third-order valence-electron chi connectivity index (χ3n) is 8.54. The van der Waals surface area contributed by atoms with Crippen molar-refractivity contribution in [2.24, 2.45) is 5.92 Å². The van der Waals surface area contributed by atoms with Crippen molar-refractivity contribution in [3.63, 3.8) is 0 Å². The molecule has 0 radical (unpaired) electrons. The molecule has 1 aliphatic rings. The highest BCUT2D eigenvalue weighted by Crippen LogP contribution is 2.29. The molecule has 1 aliphatic heterocycles. The number of urea groups is 1. The molecule has 15 heteroatoms. The summed E-state index contributed by atoms with van der Waals surface area (Å²) in [4.78, 5) is 28.7. The van der Waals surface area contributed by atoms with E-state index in [0.717, 1.165) is 18.6 Å². The van der Waals surface area contributed by atoms with E-state index in [1.165, 1.54) is 34.5 Å². The highest BCUT2D eigenvalue weighted by atomic mass is 32.2. The Morgan fingerprint density at radius 3 is 2.51 bits per heavy atom. The fourth-order valence-electron chi connectivity index (χ4n) is 5.54. The van der Waals surface area contributed by atoms with Crippen LogP contribution in [0.2, 0.25) is 0 Å². The SMILES string of the molecule is Cc1noc(C)c1NC(=O)Nc1ccc2c(c1)C(=O)N([C@@H](C)CO)C[C@@H](C)[C@@H](CN(C)S(=O)(=O)c1ccc(F)cc1)OCCCC[C@H](C)O2. The van der Waals surface area contributed by atoms with Crippen LogP contribution in [-0.4, -0.2) is 91.4 Å². The van der Waals surface area contributed by atoms with E-state index in [1.54, 1.807) is 32.9 Å². The molecule has 4 atom stereocenters. The van der Waals surface area contributed by atoms with Crippen LogP contribution < -0.4 is 15.4 Å². The van der Waals surface area contributed by atoms with Crippen molar-refractivity contribution in [1.29, 1.82) is 0 Å². The summed E-state index contributed by atoms with van der Waals surface area (Å²) < 4.78 is 59.0. The fourth-order valence-corrected chi connectivity index (χ4v) is 6.72. The minimum absolute atomic E-state index is 0.0270. The molecule has 1 aromatic heterocycles. The molecule has 0 bridgehead atoms. The molecule has 2 aromatic carbocycles. The molecule has 0 unspecified atom stereocenters. The topological polar surface area (TPSA) is 164 Å². The minimum atomic E-state index is -3.97. The van der Waals surface area contributed by atoms with Gasteiger partial charge < -0.3 is 34.6 Å². The number of benzene rings is 2. The summed E-state index contributed by atoms with van der Waals surface area (Å²) in [6, 6.07) is 8.22. The lowest BCUT2D eigenvalue weighted by Gasteiger charge is -2.35. The quantitative estimate of drug-likeness (QED) is 0.287. The molecule has 0 saturated heterocycles. The van der Waals surface area contributed by atoms with Gasteiger partial charge in [-0.2, -0.15) is 4.31 Å². The number of carbonyl (C=O) groups is 2. The average molecular weight is 704 g/mol. The van der Waals surface area contributed by atoms with Gasteiger partial charge >= 0.3 is 6.03 Å². The smallest absolute Gasteiger partial charge is 0.323 e. The van der Waals surface area contributed by atoms with E-state index in [1.807, 2.05) is 13.8 Å². The van der Waals surface area contributed by atoms with Gasteiger partial charge in [0, 0.05) is 38.3 Å². The molecule has 13 nitrogen and oxygen atoms in total. The maximum absolute atomic E-state index is 14.4. The first-order valence-corrected chi connectivity index (χ1v) is 17.7. The third kappa shape index (κ3) is 9.56. The average Bonchev–Trinajstić information content (AvgIpc) is 3.38. The molecule has 4 rings (SSSR count). The second kappa shape index (κ2) is 16.6. The number of nitrogens with zero attached hydrogens (tertiary/aromatic N) is 3. The third-order valence-corrected chi connectivity index (χ3v) is 10.4. The zero-order chi connectivity index (χ0) is 35.9.